The molecule has 1 heterocycles. The van der Waals surface area contributed by atoms with Gasteiger partial charge in [-0.25, -0.2) is 0 Å². The molecule has 1 aromatic rings. The lowest BCUT2D eigenvalue weighted by molar-refractivity contribution is -0.115. The van der Waals surface area contributed by atoms with Crippen LogP contribution >= 0.6 is 0 Å². The minimum absolute atomic E-state index is 0.000674. The second kappa shape index (κ2) is 6.71. The zero-order valence-electron chi connectivity index (χ0n) is 21.0. The molecule has 19 heavy (non-hydrogen) atoms. The molecule has 0 aromatic heterocycles. The molecule has 0 fully saturated rings. The highest BCUT2D eigenvalue weighted by molar-refractivity contribution is 5.99. The van der Waals surface area contributed by atoms with Crippen molar-refractivity contribution >= 4 is 11.6 Å². The lowest BCUT2D eigenvalue weighted by atomic mass is 10.0. The van der Waals surface area contributed by atoms with Crippen LogP contribution in [0.2, 0.25) is 0 Å². The molecule has 0 unspecified atom stereocenters. The number of hydrogen-bond donors (Lipinski definition) is 1. The van der Waals surface area contributed by atoms with Gasteiger partial charge in [-0.2, -0.15) is 0 Å². The van der Waals surface area contributed by atoms with E-state index in [2.05, 4.69) is 5.32 Å². The van der Waals surface area contributed by atoms with Crippen LogP contribution in [-0.2, 0) is 17.5 Å². The normalized spacial score (nSPS) is 27.2. The van der Waals surface area contributed by atoms with Gasteiger partial charge in [0.05, 0.1) is 6.37 Å². The fraction of sp³-hybridized carbons (Fsp3) is 0.562. The van der Waals surface area contributed by atoms with Crippen LogP contribution < -0.4 is 5.32 Å². The highest BCUT2D eigenvalue weighted by Crippen LogP contribution is 2.26. The average molecular weight is 270 g/mol. The number of aryl methyl sites for hydroxylation is 1. The fourth-order valence-corrected chi connectivity index (χ4v) is 1.73. The second-order valence-electron chi connectivity index (χ2n) is 3.90. The van der Waals surface area contributed by atoms with Gasteiger partial charge >= 0.3 is 0 Å². The number of nitrogens with one attached hydrogen (secondary N) is 1. The molecule has 3 nitrogen and oxygen atoms in total. The Morgan fingerprint density at radius 2 is 2.05 bits per heavy atom. The Labute approximate surface area is 130 Å². The van der Waals surface area contributed by atoms with Crippen LogP contribution in [0.15, 0.2) is 18.2 Å². The molecule has 104 valence electrons. The molecule has 1 aliphatic heterocycles. The number of amides is 1. The van der Waals surface area contributed by atoms with Gasteiger partial charge in [-0.05, 0) is 49.4 Å². The number of fused-ring (bicyclic) bond motifs is 1. The molecule has 3 heteroatoms. The van der Waals surface area contributed by atoms with Crippen molar-refractivity contribution in [1.29, 1.82) is 0 Å². The molecule has 2 rings (SSSR count). The highest BCUT2D eigenvalue weighted by Gasteiger charge is 2.20. The first-order chi connectivity index (χ1) is 13.0. The third-order valence-corrected chi connectivity index (χ3v) is 2.49. The van der Waals surface area contributed by atoms with Gasteiger partial charge in [-0.1, -0.05) is 26.0 Å². The van der Waals surface area contributed by atoms with Gasteiger partial charge < -0.3 is 10.2 Å². The van der Waals surface area contributed by atoms with Crippen LogP contribution in [0.3, 0.4) is 0 Å². The van der Waals surface area contributed by atoms with Gasteiger partial charge in [0.2, 0.25) is 5.91 Å². The first kappa shape index (κ1) is 5.96. The van der Waals surface area contributed by atoms with E-state index >= 15 is 0 Å². The maximum atomic E-state index is 12.0. The summed E-state index contributed by atoms with van der Waals surface area (Å²) in [5.41, 5.74) is -0.846. The molecule has 0 saturated carbocycles. The van der Waals surface area contributed by atoms with Crippen LogP contribution in [0.1, 0.15) is 51.5 Å². The van der Waals surface area contributed by atoms with Crippen molar-refractivity contribution in [3.8, 4) is 0 Å². The molecular weight excluding hydrogens is 236 g/mol. The quantitative estimate of drug-likeness (QED) is 0.826. The van der Waals surface area contributed by atoms with Gasteiger partial charge in [0.15, 0.2) is 0 Å². The van der Waals surface area contributed by atoms with E-state index in [0.717, 1.165) is 6.07 Å². The minimum Gasteiger partial charge on any atom is -0.326 e. The van der Waals surface area contributed by atoms with E-state index in [1.165, 1.54) is 26.0 Å². The lowest BCUT2D eigenvalue weighted by Crippen LogP contribution is -2.28. The molecule has 1 aliphatic rings. The number of rotatable bonds is 7. The Kier molecular flexibility index (Phi) is 2.11. The molecular formula is C16H24N2O. The monoisotopic (exact) mass is 270 g/mol. The van der Waals surface area contributed by atoms with E-state index < -0.39 is 43.7 Å². The van der Waals surface area contributed by atoms with Crippen molar-refractivity contribution in [2.75, 3.05) is 24.8 Å². The molecule has 0 aliphatic carbocycles. The second-order valence-corrected chi connectivity index (χ2v) is 3.90. The third kappa shape index (κ3) is 3.57. The van der Waals surface area contributed by atoms with Gasteiger partial charge in [0.25, 0.3) is 0 Å². The van der Waals surface area contributed by atoms with Crippen molar-refractivity contribution in [3.63, 3.8) is 0 Å². The van der Waals surface area contributed by atoms with Crippen molar-refractivity contribution < 1.29 is 18.5 Å². The Morgan fingerprint density at radius 1 is 1.32 bits per heavy atom. The SMILES string of the molecule is [2H]C1([2H])C(=O)Nc2cccc(C([2H])([2H])C([2H])([2H])N(C([2H])([2H])CC)C([2H])([2H])CC)c21. The number of anilines is 1. The topological polar surface area (TPSA) is 32.3 Å². The molecule has 0 saturated heterocycles. The number of hydrogen-bond acceptors (Lipinski definition) is 2. The number of benzene rings is 1. The van der Waals surface area contributed by atoms with Gasteiger partial charge in [-0.15, -0.1) is 0 Å². The standard InChI is InChI=1S/C16H24N2O/c1-3-9-18(10-4-2)11-8-13-6-5-7-15-14(13)12-16(19)17-15/h5-7H,3-4,8-12H2,1-2H3,(H,17,19)/i8D2,9D2,10D2,11D2,12D2. The summed E-state index contributed by atoms with van der Waals surface area (Å²) in [4.78, 5) is 12.2. The molecule has 0 bridgehead atoms. The van der Waals surface area contributed by atoms with Crippen molar-refractivity contribution in [2.45, 2.75) is 39.4 Å². The summed E-state index contributed by atoms with van der Waals surface area (Å²) < 4.78 is 82.7. The molecule has 0 spiro atoms. The Morgan fingerprint density at radius 3 is 2.74 bits per heavy atom. The largest absolute Gasteiger partial charge is 0.326 e. The summed E-state index contributed by atoms with van der Waals surface area (Å²) in [5, 5.41) is 2.30. The van der Waals surface area contributed by atoms with Gasteiger partial charge in [-0.3, -0.25) is 4.79 Å². The zero-order chi connectivity index (χ0) is 22.6. The Hall–Kier alpha value is -1.35. The summed E-state index contributed by atoms with van der Waals surface area (Å²) in [6.07, 6.45) is -6.30. The Balaban J connectivity index is 2.75. The van der Waals surface area contributed by atoms with Crippen LogP contribution in [0.4, 0.5) is 5.69 Å². The van der Waals surface area contributed by atoms with Crippen molar-refractivity contribution in [2.24, 2.45) is 0 Å². The van der Waals surface area contributed by atoms with Crippen molar-refractivity contribution in [1.82, 2.24) is 4.90 Å². The van der Waals surface area contributed by atoms with E-state index in [1.54, 1.807) is 0 Å². The first-order valence-corrected chi connectivity index (χ1v) is 6.24. The zero-order valence-corrected chi connectivity index (χ0v) is 11.0. The maximum Gasteiger partial charge on any atom is 0.228 e. The molecule has 1 amide bonds. The number of nitrogens with zero attached hydrogens (tertiary/aromatic N) is 1. The van der Waals surface area contributed by atoms with Crippen LogP contribution in [0.25, 0.3) is 0 Å². The Bertz CT molecular complexity index is 793. The van der Waals surface area contributed by atoms with E-state index in [9.17, 15) is 4.79 Å². The van der Waals surface area contributed by atoms with E-state index in [-0.39, 0.29) is 29.0 Å². The van der Waals surface area contributed by atoms with Gasteiger partial charge in [0.1, 0.15) is 0 Å². The molecule has 0 atom stereocenters. The van der Waals surface area contributed by atoms with E-state index in [1.807, 2.05) is 0 Å². The van der Waals surface area contributed by atoms with E-state index in [0.29, 0.717) is 0 Å². The number of carbonyl (C=O) groups excluding carboxylic acids is 1. The predicted molar refractivity (Wildman–Crippen MR) is 79.5 cm³/mol. The molecule has 0 radical (unpaired) electrons. The third-order valence-electron chi connectivity index (χ3n) is 2.49. The molecule has 1 aromatic carbocycles. The van der Waals surface area contributed by atoms with Crippen LogP contribution in [0.5, 0.6) is 0 Å². The first-order valence-electron chi connectivity index (χ1n) is 11.2. The summed E-state index contributed by atoms with van der Waals surface area (Å²) in [5.74, 6) is -1.01. The maximum absolute atomic E-state index is 12.0. The summed E-state index contributed by atoms with van der Waals surface area (Å²) in [7, 11) is 0. The molecule has 1 N–H and O–H groups in total. The highest BCUT2D eigenvalue weighted by atomic mass is 16.1. The van der Waals surface area contributed by atoms with Gasteiger partial charge in [0, 0.05) is 25.9 Å². The lowest BCUT2D eigenvalue weighted by Gasteiger charge is -2.21. The van der Waals surface area contributed by atoms with Crippen LogP contribution in [-0.4, -0.2) is 30.3 Å². The fourth-order valence-electron chi connectivity index (χ4n) is 1.73. The number of carbonyl (C=O) groups is 1. The summed E-state index contributed by atoms with van der Waals surface area (Å²) >= 11 is 0. The minimum atomic E-state index is -3.23. The summed E-state index contributed by atoms with van der Waals surface area (Å²) in [6.45, 7) is -5.52. The summed E-state index contributed by atoms with van der Waals surface area (Å²) in [6, 6.07) is 3.83. The van der Waals surface area contributed by atoms with Crippen molar-refractivity contribution in [3.05, 3.63) is 29.3 Å². The predicted octanol–water partition coefficient (Wildman–Crippen LogP) is 2.85. The smallest absolute Gasteiger partial charge is 0.228 e. The van der Waals surface area contributed by atoms with Crippen LogP contribution in [0, 0.1) is 0 Å². The van der Waals surface area contributed by atoms with E-state index in [4.69, 9.17) is 13.7 Å². The average Bonchev–Trinajstić information content (AvgIpc) is 2.83.